The zero-order valence-electron chi connectivity index (χ0n) is 17.7. The van der Waals surface area contributed by atoms with Gasteiger partial charge in [-0.1, -0.05) is 49.4 Å². The van der Waals surface area contributed by atoms with Crippen molar-refractivity contribution < 1.29 is 19.4 Å². The summed E-state index contributed by atoms with van der Waals surface area (Å²) in [5.41, 5.74) is 2.72. The summed E-state index contributed by atoms with van der Waals surface area (Å²) in [6.45, 7) is 4.34. The van der Waals surface area contributed by atoms with Crippen LogP contribution in [-0.4, -0.2) is 65.1 Å². The Morgan fingerprint density at radius 2 is 1.80 bits per heavy atom. The summed E-state index contributed by atoms with van der Waals surface area (Å²) < 4.78 is 5.47. The third-order valence-corrected chi connectivity index (χ3v) is 6.57. The fourth-order valence-electron chi connectivity index (χ4n) is 5.29. The lowest BCUT2D eigenvalue weighted by Crippen LogP contribution is -2.85. The molecule has 0 unspecified atom stereocenters. The van der Waals surface area contributed by atoms with E-state index in [0.29, 0.717) is 19.5 Å². The maximum Gasteiger partial charge on any atom is 0.222 e. The van der Waals surface area contributed by atoms with Gasteiger partial charge in [0.2, 0.25) is 11.8 Å². The number of aliphatic hydroxyl groups is 1. The topological polar surface area (TPSA) is 70.1 Å². The van der Waals surface area contributed by atoms with Crippen molar-refractivity contribution in [1.82, 2.24) is 9.80 Å². The van der Waals surface area contributed by atoms with Gasteiger partial charge >= 0.3 is 0 Å². The monoisotopic (exact) mass is 408 g/mol. The van der Waals surface area contributed by atoms with Crippen LogP contribution in [-0.2, 0) is 9.59 Å². The van der Waals surface area contributed by atoms with Crippen molar-refractivity contribution in [2.24, 2.45) is 0 Å². The average Bonchev–Trinajstić information content (AvgIpc) is 2.72. The normalized spacial score (nSPS) is 21.7. The van der Waals surface area contributed by atoms with Crippen molar-refractivity contribution in [3.05, 3.63) is 54.1 Å². The highest BCUT2D eigenvalue weighted by Gasteiger charge is 2.67. The Balaban J connectivity index is 1.64. The van der Waals surface area contributed by atoms with Gasteiger partial charge in [-0.25, -0.2) is 0 Å². The van der Waals surface area contributed by atoms with Gasteiger partial charge in [0.1, 0.15) is 5.75 Å². The molecule has 2 aliphatic rings. The van der Waals surface area contributed by atoms with Crippen molar-refractivity contribution in [2.45, 2.75) is 37.8 Å². The predicted molar refractivity (Wildman–Crippen MR) is 114 cm³/mol. The Hall–Kier alpha value is -2.86. The van der Waals surface area contributed by atoms with Gasteiger partial charge in [0.25, 0.3) is 0 Å². The molecule has 158 valence electrons. The molecule has 2 aliphatic heterocycles. The van der Waals surface area contributed by atoms with E-state index in [0.717, 1.165) is 22.4 Å². The number of ether oxygens (including phenoxy) is 1. The summed E-state index contributed by atoms with van der Waals surface area (Å²) in [5, 5.41) is 10.0. The first-order valence-corrected chi connectivity index (χ1v) is 10.4. The Morgan fingerprint density at radius 1 is 1.13 bits per heavy atom. The zero-order chi connectivity index (χ0) is 21.5. The number of carbonyl (C=O) groups is 2. The minimum absolute atomic E-state index is 0.000903. The number of amides is 2. The van der Waals surface area contributed by atoms with Gasteiger partial charge < -0.3 is 19.6 Å². The van der Waals surface area contributed by atoms with E-state index < -0.39 is 5.54 Å². The number of aliphatic hydroxyl groups excluding tert-OH is 1. The maximum atomic E-state index is 12.3. The van der Waals surface area contributed by atoms with Crippen LogP contribution in [0.15, 0.2) is 48.5 Å². The van der Waals surface area contributed by atoms with Crippen molar-refractivity contribution >= 4 is 11.8 Å². The van der Waals surface area contributed by atoms with Crippen molar-refractivity contribution in [2.75, 3.05) is 26.8 Å². The van der Waals surface area contributed by atoms with Gasteiger partial charge in [0.15, 0.2) is 0 Å². The van der Waals surface area contributed by atoms with Crippen LogP contribution in [0.5, 0.6) is 5.75 Å². The Labute approximate surface area is 177 Å². The summed E-state index contributed by atoms with van der Waals surface area (Å²) in [4.78, 5) is 28.0. The highest BCUT2D eigenvalue weighted by Crippen LogP contribution is 2.54. The number of rotatable bonds is 5. The molecular formula is C24H28N2O4. The number of para-hydroxylation sites is 1. The van der Waals surface area contributed by atoms with E-state index >= 15 is 0 Å². The van der Waals surface area contributed by atoms with Crippen molar-refractivity contribution in [3.63, 3.8) is 0 Å². The first-order chi connectivity index (χ1) is 14.5. The molecule has 2 saturated heterocycles. The van der Waals surface area contributed by atoms with Gasteiger partial charge in [-0.05, 0) is 17.2 Å². The van der Waals surface area contributed by atoms with Crippen LogP contribution in [0.2, 0.25) is 0 Å². The number of benzene rings is 2. The van der Waals surface area contributed by atoms with Gasteiger partial charge in [0, 0.05) is 37.9 Å². The summed E-state index contributed by atoms with van der Waals surface area (Å²) in [7, 11) is 1.66. The van der Waals surface area contributed by atoms with Crippen LogP contribution < -0.4 is 4.74 Å². The van der Waals surface area contributed by atoms with Gasteiger partial charge in [-0.2, -0.15) is 0 Å². The van der Waals surface area contributed by atoms with E-state index in [1.165, 1.54) is 6.92 Å². The number of likely N-dealkylation sites (tertiary alicyclic amines) is 2. The third-order valence-electron chi connectivity index (χ3n) is 6.57. The zero-order valence-corrected chi connectivity index (χ0v) is 17.7. The van der Waals surface area contributed by atoms with E-state index in [1.54, 1.807) is 16.9 Å². The summed E-state index contributed by atoms with van der Waals surface area (Å²) in [6, 6.07) is 15.9. The van der Waals surface area contributed by atoms with Gasteiger partial charge in [0.05, 0.1) is 25.3 Å². The Kier molecular flexibility index (Phi) is 5.28. The molecule has 0 radical (unpaired) electrons. The second-order valence-electron chi connectivity index (χ2n) is 8.15. The number of hydrogen-bond acceptors (Lipinski definition) is 4. The molecule has 0 saturated carbocycles. The molecule has 1 spiro atoms. The van der Waals surface area contributed by atoms with Crippen LogP contribution in [0, 0.1) is 0 Å². The molecule has 2 amide bonds. The van der Waals surface area contributed by atoms with Crippen molar-refractivity contribution in [3.8, 4) is 16.9 Å². The first kappa shape index (κ1) is 20.4. The molecule has 4 rings (SSSR count). The minimum atomic E-state index is -0.421. The lowest BCUT2D eigenvalue weighted by atomic mass is 9.60. The van der Waals surface area contributed by atoms with Crippen LogP contribution in [0.1, 0.15) is 31.7 Å². The van der Waals surface area contributed by atoms with E-state index in [1.807, 2.05) is 31.2 Å². The SMILES string of the molecule is CCC(=O)N1CC2(C1)[C@H](c1ccc(-c3ccccc3OC)cc1)[C@H](CO)N2C(C)=O. The molecule has 30 heavy (non-hydrogen) atoms. The summed E-state index contributed by atoms with van der Waals surface area (Å²) in [5.74, 6) is 0.856. The van der Waals surface area contributed by atoms with E-state index in [-0.39, 0.29) is 30.4 Å². The highest BCUT2D eigenvalue weighted by molar-refractivity contribution is 5.81. The van der Waals surface area contributed by atoms with E-state index in [4.69, 9.17) is 4.74 Å². The fraction of sp³-hybridized carbons (Fsp3) is 0.417. The number of hydrogen-bond donors (Lipinski definition) is 1. The fourth-order valence-corrected chi connectivity index (χ4v) is 5.29. The van der Waals surface area contributed by atoms with E-state index in [2.05, 4.69) is 24.3 Å². The molecule has 2 aromatic carbocycles. The lowest BCUT2D eigenvalue weighted by molar-refractivity contribution is -0.201. The quantitative estimate of drug-likeness (QED) is 0.826. The van der Waals surface area contributed by atoms with Crippen molar-refractivity contribution in [1.29, 1.82) is 0 Å². The molecule has 0 aliphatic carbocycles. The molecule has 0 aromatic heterocycles. The lowest BCUT2D eigenvalue weighted by Gasteiger charge is -2.70. The smallest absolute Gasteiger partial charge is 0.222 e. The molecular weight excluding hydrogens is 380 g/mol. The van der Waals surface area contributed by atoms with Gasteiger partial charge in [-0.15, -0.1) is 0 Å². The molecule has 2 atom stereocenters. The molecule has 6 nitrogen and oxygen atoms in total. The molecule has 2 aromatic rings. The van der Waals surface area contributed by atoms with Crippen LogP contribution in [0.3, 0.4) is 0 Å². The molecule has 2 fully saturated rings. The third kappa shape index (κ3) is 2.98. The second-order valence-corrected chi connectivity index (χ2v) is 8.15. The van der Waals surface area contributed by atoms with Crippen LogP contribution in [0.25, 0.3) is 11.1 Å². The highest BCUT2D eigenvalue weighted by atomic mass is 16.5. The predicted octanol–water partition coefficient (Wildman–Crippen LogP) is 2.66. The van der Waals surface area contributed by atoms with Crippen LogP contribution >= 0.6 is 0 Å². The molecule has 1 N–H and O–H groups in total. The summed E-state index contributed by atoms with van der Waals surface area (Å²) >= 11 is 0. The van der Waals surface area contributed by atoms with Crippen LogP contribution in [0.4, 0.5) is 0 Å². The van der Waals surface area contributed by atoms with Gasteiger partial charge in [-0.3, -0.25) is 9.59 Å². The molecule has 2 heterocycles. The van der Waals surface area contributed by atoms with E-state index in [9.17, 15) is 14.7 Å². The maximum absolute atomic E-state index is 12.3. The standard InChI is InChI=1S/C24H28N2O4/c1-4-22(29)25-14-24(15-25)23(20(13-27)26(24)16(2)28)18-11-9-17(10-12-18)19-7-5-6-8-21(19)30-3/h5-12,20,23,27H,4,13-15H2,1-3H3/t20-,23+/m0/s1. The minimum Gasteiger partial charge on any atom is -0.496 e. The number of methoxy groups -OCH3 is 1. The second kappa shape index (κ2) is 7.76. The summed E-state index contributed by atoms with van der Waals surface area (Å²) in [6.07, 6.45) is 0.456. The Morgan fingerprint density at radius 3 is 2.37 bits per heavy atom. The molecule has 0 bridgehead atoms. The Bertz CT molecular complexity index is 950. The average molecular weight is 408 g/mol. The molecule has 6 heteroatoms. The number of carbonyl (C=O) groups excluding carboxylic acids is 2. The number of nitrogens with zero attached hydrogens (tertiary/aromatic N) is 2. The largest absolute Gasteiger partial charge is 0.496 e. The first-order valence-electron chi connectivity index (χ1n) is 10.4.